The molecule has 2 heterocycles. The second kappa shape index (κ2) is 7.93. The molecule has 134 valence electrons. The lowest BCUT2D eigenvalue weighted by Gasteiger charge is -2.36. The molecule has 0 atom stereocenters. The topological polar surface area (TPSA) is 45.7 Å². The van der Waals surface area contributed by atoms with Crippen LogP contribution >= 0.6 is 11.3 Å². The number of benzene rings is 1. The van der Waals surface area contributed by atoms with Gasteiger partial charge in [0.05, 0.1) is 24.4 Å². The van der Waals surface area contributed by atoms with Crippen LogP contribution in [0, 0.1) is 12.7 Å². The Morgan fingerprint density at radius 1 is 1.28 bits per heavy atom. The van der Waals surface area contributed by atoms with E-state index in [1.807, 2.05) is 22.8 Å². The molecule has 1 fully saturated rings. The SMILES string of the molecule is COCc1nc(C)c(CC(=O)N2CCN(c3ccccc3F)CC2)s1. The Balaban J connectivity index is 1.57. The van der Waals surface area contributed by atoms with Crippen LogP contribution in [-0.4, -0.2) is 49.1 Å². The first-order chi connectivity index (χ1) is 12.1. The van der Waals surface area contributed by atoms with Crippen molar-refractivity contribution in [3.8, 4) is 0 Å². The van der Waals surface area contributed by atoms with Gasteiger partial charge in [0.1, 0.15) is 10.8 Å². The molecule has 3 rings (SSSR count). The predicted molar refractivity (Wildman–Crippen MR) is 96.5 cm³/mol. The number of hydrogen-bond acceptors (Lipinski definition) is 5. The monoisotopic (exact) mass is 363 g/mol. The number of aromatic nitrogens is 1. The largest absolute Gasteiger partial charge is 0.378 e. The van der Waals surface area contributed by atoms with Crippen LogP contribution < -0.4 is 4.90 Å². The molecule has 0 spiro atoms. The fourth-order valence-electron chi connectivity index (χ4n) is 2.99. The maximum absolute atomic E-state index is 13.9. The van der Waals surface area contributed by atoms with Gasteiger partial charge in [-0.15, -0.1) is 11.3 Å². The van der Waals surface area contributed by atoms with Crippen LogP contribution in [0.15, 0.2) is 24.3 Å². The summed E-state index contributed by atoms with van der Waals surface area (Å²) in [4.78, 5) is 21.9. The number of carbonyl (C=O) groups excluding carboxylic acids is 1. The van der Waals surface area contributed by atoms with Gasteiger partial charge in [0, 0.05) is 38.2 Å². The van der Waals surface area contributed by atoms with Gasteiger partial charge in [0.25, 0.3) is 0 Å². The van der Waals surface area contributed by atoms with E-state index in [9.17, 15) is 9.18 Å². The molecule has 2 aromatic rings. The number of ether oxygens (including phenoxy) is 1. The molecule has 1 amide bonds. The van der Waals surface area contributed by atoms with Crippen LogP contribution in [0.5, 0.6) is 0 Å². The maximum Gasteiger partial charge on any atom is 0.228 e. The summed E-state index contributed by atoms with van der Waals surface area (Å²) >= 11 is 1.53. The van der Waals surface area contributed by atoms with E-state index >= 15 is 0 Å². The van der Waals surface area contributed by atoms with E-state index in [1.54, 1.807) is 19.2 Å². The number of aryl methyl sites for hydroxylation is 1. The van der Waals surface area contributed by atoms with Crippen molar-refractivity contribution in [2.75, 3.05) is 38.2 Å². The number of amides is 1. The van der Waals surface area contributed by atoms with E-state index < -0.39 is 0 Å². The Hall–Kier alpha value is -1.99. The van der Waals surface area contributed by atoms with Crippen molar-refractivity contribution in [3.63, 3.8) is 0 Å². The van der Waals surface area contributed by atoms with Crippen LogP contribution in [0.3, 0.4) is 0 Å². The van der Waals surface area contributed by atoms with Crippen LogP contribution in [0.2, 0.25) is 0 Å². The molecule has 1 saturated heterocycles. The van der Waals surface area contributed by atoms with Gasteiger partial charge >= 0.3 is 0 Å². The maximum atomic E-state index is 13.9. The van der Waals surface area contributed by atoms with Crippen molar-refractivity contribution in [2.45, 2.75) is 20.0 Å². The first-order valence-corrected chi connectivity index (χ1v) is 9.11. The molecule has 1 aliphatic heterocycles. The zero-order chi connectivity index (χ0) is 17.8. The second-order valence-electron chi connectivity index (χ2n) is 6.05. The number of anilines is 1. The number of carbonyl (C=O) groups is 1. The lowest BCUT2D eigenvalue weighted by atomic mass is 10.2. The van der Waals surface area contributed by atoms with Gasteiger partial charge in [-0.3, -0.25) is 4.79 Å². The number of nitrogens with zero attached hydrogens (tertiary/aromatic N) is 3. The molecule has 0 N–H and O–H groups in total. The van der Waals surface area contributed by atoms with Crippen molar-refractivity contribution >= 4 is 22.9 Å². The number of halogens is 1. The number of piperazine rings is 1. The van der Waals surface area contributed by atoms with Gasteiger partial charge in [-0.1, -0.05) is 12.1 Å². The predicted octanol–water partition coefficient (Wildman–Crippen LogP) is 2.63. The Kier molecular flexibility index (Phi) is 5.65. The highest BCUT2D eigenvalue weighted by atomic mass is 32.1. The highest BCUT2D eigenvalue weighted by Gasteiger charge is 2.23. The van der Waals surface area contributed by atoms with Crippen LogP contribution in [0.25, 0.3) is 0 Å². The van der Waals surface area contributed by atoms with Crippen LogP contribution in [-0.2, 0) is 22.6 Å². The highest BCUT2D eigenvalue weighted by molar-refractivity contribution is 7.11. The summed E-state index contributed by atoms with van der Waals surface area (Å²) in [5.41, 5.74) is 1.51. The molecule has 1 aromatic carbocycles. The average molecular weight is 363 g/mol. The molecule has 1 aromatic heterocycles. The molecule has 0 radical (unpaired) electrons. The minimum absolute atomic E-state index is 0.101. The fraction of sp³-hybridized carbons (Fsp3) is 0.444. The molecular formula is C18H22FN3O2S. The third-order valence-electron chi connectivity index (χ3n) is 4.34. The van der Waals surface area contributed by atoms with E-state index in [0.29, 0.717) is 44.9 Å². The summed E-state index contributed by atoms with van der Waals surface area (Å²) in [6.07, 6.45) is 0.368. The van der Waals surface area contributed by atoms with Crippen LogP contribution in [0.4, 0.5) is 10.1 Å². The lowest BCUT2D eigenvalue weighted by Crippen LogP contribution is -2.49. The number of para-hydroxylation sites is 1. The van der Waals surface area contributed by atoms with Crippen molar-refractivity contribution in [3.05, 3.63) is 45.7 Å². The number of hydrogen-bond donors (Lipinski definition) is 0. The minimum atomic E-state index is -0.215. The first-order valence-electron chi connectivity index (χ1n) is 8.30. The van der Waals surface area contributed by atoms with E-state index in [2.05, 4.69) is 4.98 Å². The molecule has 0 unspecified atom stereocenters. The molecule has 0 saturated carbocycles. The lowest BCUT2D eigenvalue weighted by molar-refractivity contribution is -0.130. The number of thiazole rings is 1. The van der Waals surface area contributed by atoms with Crippen molar-refractivity contribution in [1.29, 1.82) is 0 Å². The molecule has 0 bridgehead atoms. The summed E-state index contributed by atoms with van der Waals surface area (Å²) in [6, 6.07) is 6.77. The fourth-order valence-corrected chi connectivity index (χ4v) is 4.02. The van der Waals surface area contributed by atoms with E-state index in [0.717, 1.165) is 15.6 Å². The molecule has 7 heteroatoms. The molecule has 5 nitrogen and oxygen atoms in total. The van der Waals surface area contributed by atoms with E-state index in [-0.39, 0.29) is 11.7 Å². The van der Waals surface area contributed by atoms with Gasteiger partial charge in [-0.05, 0) is 19.1 Å². The number of methoxy groups -OCH3 is 1. The summed E-state index contributed by atoms with van der Waals surface area (Å²) < 4.78 is 19.0. The first kappa shape index (κ1) is 17.8. The molecule has 25 heavy (non-hydrogen) atoms. The quantitative estimate of drug-likeness (QED) is 0.819. The zero-order valence-electron chi connectivity index (χ0n) is 14.5. The Labute approximate surface area is 151 Å². The third-order valence-corrected chi connectivity index (χ3v) is 5.47. The van der Waals surface area contributed by atoms with Gasteiger partial charge in [-0.25, -0.2) is 9.37 Å². The summed E-state index contributed by atoms with van der Waals surface area (Å²) in [5.74, 6) is -0.114. The average Bonchev–Trinajstić information content (AvgIpc) is 2.95. The van der Waals surface area contributed by atoms with Crippen LogP contribution in [0.1, 0.15) is 15.6 Å². The minimum Gasteiger partial charge on any atom is -0.378 e. The summed E-state index contributed by atoms with van der Waals surface area (Å²) in [5, 5.41) is 0.896. The summed E-state index contributed by atoms with van der Waals surface area (Å²) in [7, 11) is 1.64. The van der Waals surface area contributed by atoms with Crippen molar-refractivity contribution < 1.29 is 13.9 Å². The van der Waals surface area contributed by atoms with Crippen molar-refractivity contribution in [2.24, 2.45) is 0 Å². The van der Waals surface area contributed by atoms with Gasteiger partial charge < -0.3 is 14.5 Å². The Bertz CT molecular complexity index is 742. The van der Waals surface area contributed by atoms with E-state index in [4.69, 9.17) is 4.74 Å². The third kappa shape index (κ3) is 4.16. The van der Waals surface area contributed by atoms with Crippen molar-refractivity contribution in [1.82, 2.24) is 9.88 Å². The standard InChI is InChI=1S/C18H22FN3O2S/c1-13-16(25-17(20-13)12-24-2)11-18(23)22-9-7-21(8-10-22)15-6-4-3-5-14(15)19/h3-6H,7-12H2,1-2H3. The zero-order valence-corrected chi connectivity index (χ0v) is 15.3. The molecule has 1 aliphatic rings. The normalized spacial score (nSPS) is 14.8. The molecular weight excluding hydrogens is 341 g/mol. The van der Waals surface area contributed by atoms with Gasteiger partial charge in [0.15, 0.2) is 0 Å². The molecule has 0 aliphatic carbocycles. The highest BCUT2D eigenvalue weighted by Crippen LogP contribution is 2.22. The smallest absolute Gasteiger partial charge is 0.228 e. The van der Waals surface area contributed by atoms with Gasteiger partial charge in [-0.2, -0.15) is 0 Å². The van der Waals surface area contributed by atoms with Gasteiger partial charge in [0.2, 0.25) is 5.91 Å². The number of rotatable bonds is 5. The second-order valence-corrected chi connectivity index (χ2v) is 7.21. The van der Waals surface area contributed by atoms with E-state index in [1.165, 1.54) is 17.4 Å². The Morgan fingerprint density at radius 2 is 2.00 bits per heavy atom. The Morgan fingerprint density at radius 3 is 2.68 bits per heavy atom. The summed E-state index contributed by atoms with van der Waals surface area (Å²) in [6.45, 7) is 4.90.